The number of hydrogen-bond donors (Lipinski definition) is 1. The highest BCUT2D eigenvalue weighted by atomic mass is 19.4. The van der Waals surface area contributed by atoms with E-state index in [0.717, 1.165) is 0 Å². The second-order valence-corrected chi connectivity index (χ2v) is 2.44. The lowest BCUT2D eigenvalue weighted by molar-refractivity contribution is -0.133. The summed E-state index contributed by atoms with van der Waals surface area (Å²) in [6, 6.07) is -0.164. The molecular weight excluding hydrogens is 155 g/mol. The third-order valence-corrected chi connectivity index (χ3v) is 1.03. The van der Waals surface area contributed by atoms with Crippen molar-refractivity contribution in [3.8, 4) is 0 Å². The monoisotopic (exact) mass is 167 g/mol. The number of rotatable bonds is 3. The molecule has 0 amide bonds. The van der Waals surface area contributed by atoms with Crippen LogP contribution in [0.25, 0.3) is 0 Å². The molecule has 0 aliphatic rings. The van der Waals surface area contributed by atoms with Gasteiger partial charge >= 0.3 is 6.18 Å². The van der Waals surface area contributed by atoms with Gasteiger partial charge in [-0.05, 0) is 13.3 Å². The molecule has 4 heteroatoms. The fourth-order valence-electron chi connectivity index (χ4n) is 0.558. The Morgan fingerprint density at radius 1 is 1.45 bits per heavy atom. The van der Waals surface area contributed by atoms with Crippen LogP contribution in [-0.4, -0.2) is 12.2 Å². The van der Waals surface area contributed by atoms with E-state index in [1.165, 1.54) is 6.08 Å². The summed E-state index contributed by atoms with van der Waals surface area (Å²) in [5.41, 5.74) is 5.27. The van der Waals surface area contributed by atoms with Gasteiger partial charge in [-0.1, -0.05) is 12.2 Å². The number of allylic oxidation sites excluding steroid dienone is 1. The van der Waals surface area contributed by atoms with Crippen LogP contribution in [0, 0.1) is 0 Å². The van der Waals surface area contributed by atoms with E-state index in [1.54, 1.807) is 13.0 Å². The van der Waals surface area contributed by atoms with E-state index in [2.05, 4.69) is 0 Å². The van der Waals surface area contributed by atoms with E-state index in [1.807, 2.05) is 0 Å². The Kier molecular flexibility index (Phi) is 4.18. The van der Waals surface area contributed by atoms with Crippen LogP contribution in [0.15, 0.2) is 12.2 Å². The molecule has 1 atom stereocenters. The summed E-state index contributed by atoms with van der Waals surface area (Å²) in [5.74, 6) is 0. The van der Waals surface area contributed by atoms with Crippen molar-refractivity contribution in [1.82, 2.24) is 0 Å². The molecule has 0 saturated carbocycles. The maximum atomic E-state index is 11.5. The fraction of sp³-hybridized carbons (Fsp3) is 0.714. The lowest BCUT2D eigenvalue weighted by Gasteiger charge is -2.02. The Balaban J connectivity index is 3.42. The Morgan fingerprint density at radius 2 is 2.00 bits per heavy atom. The van der Waals surface area contributed by atoms with Crippen molar-refractivity contribution in [3.05, 3.63) is 12.2 Å². The quantitative estimate of drug-likeness (QED) is 0.641. The zero-order valence-corrected chi connectivity index (χ0v) is 6.36. The van der Waals surface area contributed by atoms with Crippen molar-refractivity contribution < 1.29 is 13.2 Å². The van der Waals surface area contributed by atoms with Crippen molar-refractivity contribution in [2.24, 2.45) is 5.73 Å². The van der Waals surface area contributed by atoms with Crippen molar-refractivity contribution in [1.29, 1.82) is 0 Å². The average molecular weight is 167 g/mol. The fourth-order valence-corrected chi connectivity index (χ4v) is 0.558. The van der Waals surface area contributed by atoms with Gasteiger partial charge in [-0.15, -0.1) is 0 Å². The van der Waals surface area contributed by atoms with Gasteiger partial charge in [-0.3, -0.25) is 0 Å². The summed E-state index contributed by atoms with van der Waals surface area (Å²) < 4.78 is 34.5. The average Bonchev–Trinajstić information content (AvgIpc) is 1.78. The van der Waals surface area contributed by atoms with Gasteiger partial charge in [0.15, 0.2) is 0 Å². The highest BCUT2D eigenvalue weighted by molar-refractivity contribution is 4.88. The number of halogens is 3. The Labute approximate surface area is 64.1 Å². The van der Waals surface area contributed by atoms with Gasteiger partial charge in [0.05, 0.1) is 0 Å². The maximum absolute atomic E-state index is 11.5. The summed E-state index contributed by atoms with van der Waals surface area (Å²) in [4.78, 5) is 0. The SMILES string of the molecule is CC(N)/C=C/CCC(F)(F)F. The molecule has 1 nitrogen and oxygen atoms in total. The predicted octanol–water partition coefficient (Wildman–Crippen LogP) is 2.23. The van der Waals surface area contributed by atoms with E-state index in [-0.39, 0.29) is 12.5 Å². The molecule has 2 N–H and O–H groups in total. The molecule has 0 bridgehead atoms. The minimum absolute atomic E-state index is 0.0189. The maximum Gasteiger partial charge on any atom is 0.389 e. The minimum Gasteiger partial charge on any atom is -0.325 e. The normalized spacial score (nSPS) is 15.7. The first-order valence-corrected chi connectivity index (χ1v) is 3.41. The Bertz CT molecular complexity index is 126. The summed E-state index contributed by atoms with van der Waals surface area (Å²) in [6.45, 7) is 1.71. The van der Waals surface area contributed by atoms with Crippen molar-refractivity contribution in [2.45, 2.75) is 32.0 Å². The first-order valence-electron chi connectivity index (χ1n) is 3.41. The van der Waals surface area contributed by atoms with Crippen LogP contribution >= 0.6 is 0 Å². The lowest BCUT2D eigenvalue weighted by Crippen LogP contribution is -2.10. The Morgan fingerprint density at radius 3 is 2.36 bits per heavy atom. The summed E-state index contributed by atoms with van der Waals surface area (Å²) in [6.07, 6.45) is -1.78. The zero-order valence-electron chi connectivity index (χ0n) is 6.36. The molecule has 0 aliphatic carbocycles. The van der Waals surface area contributed by atoms with Gasteiger partial charge in [-0.2, -0.15) is 13.2 Å². The second-order valence-electron chi connectivity index (χ2n) is 2.44. The molecule has 0 radical (unpaired) electrons. The first kappa shape index (κ1) is 10.5. The first-order chi connectivity index (χ1) is 4.92. The molecule has 0 spiro atoms. The molecule has 0 aromatic carbocycles. The van der Waals surface area contributed by atoms with Gasteiger partial charge in [0, 0.05) is 12.5 Å². The number of nitrogens with two attached hydrogens (primary N) is 1. The molecule has 0 saturated heterocycles. The van der Waals surface area contributed by atoms with Crippen molar-refractivity contribution >= 4 is 0 Å². The number of alkyl halides is 3. The van der Waals surface area contributed by atoms with Crippen LogP contribution in [0.4, 0.5) is 13.2 Å². The third kappa shape index (κ3) is 9.49. The number of hydrogen-bond acceptors (Lipinski definition) is 1. The van der Waals surface area contributed by atoms with Gasteiger partial charge in [-0.25, -0.2) is 0 Å². The van der Waals surface area contributed by atoms with Crippen LogP contribution < -0.4 is 5.73 Å². The molecule has 0 aromatic heterocycles. The van der Waals surface area contributed by atoms with Gasteiger partial charge in [0.1, 0.15) is 0 Å². The van der Waals surface area contributed by atoms with Gasteiger partial charge in [0.2, 0.25) is 0 Å². The summed E-state index contributed by atoms with van der Waals surface area (Å²) in [7, 11) is 0. The van der Waals surface area contributed by atoms with Crippen LogP contribution in [0.5, 0.6) is 0 Å². The topological polar surface area (TPSA) is 26.0 Å². The smallest absolute Gasteiger partial charge is 0.325 e. The molecule has 11 heavy (non-hydrogen) atoms. The van der Waals surface area contributed by atoms with E-state index in [9.17, 15) is 13.2 Å². The molecule has 66 valence electrons. The Hall–Kier alpha value is -0.510. The lowest BCUT2D eigenvalue weighted by atomic mass is 10.2. The predicted molar refractivity (Wildman–Crippen MR) is 38.1 cm³/mol. The third-order valence-electron chi connectivity index (χ3n) is 1.03. The molecule has 0 fully saturated rings. The van der Waals surface area contributed by atoms with E-state index >= 15 is 0 Å². The highest BCUT2D eigenvalue weighted by Gasteiger charge is 2.25. The molecule has 0 aromatic rings. The molecule has 1 unspecified atom stereocenters. The van der Waals surface area contributed by atoms with E-state index < -0.39 is 12.6 Å². The van der Waals surface area contributed by atoms with Crippen molar-refractivity contribution in [2.75, 3.05) is 0 Å². The molecular formula is C7H12F3N. The van der Waals surface area contributed by atoms with Gasteiger partial charge < -0.3 is 5.73 Å². The van der Waals surface area contributed by atoms with E-state index in [4.69, 9.17) is 5.73 Å². The van der Waals surface area contributed by atoms with Crippen LogP contribution in [0.3, 0.4) is 0 Å². The van der Waals surface area contributed by atoms with Crippen LogP contribution in [-0.2, 0) is 0 Å². The molecule has 0 heterocycles. The molecule has 0 aliphatic heterocycles. The standard InChI is InChI=1S/C7H12F3N/c1-6(11)4-2-3-5-7(8,9)10/h2,4,6H,3,5,11H2,1H3/b4-2+. The minimum atomic E-state index is -4.05. The zero-order chi connectivity index (χ0) is 8.91. The highest BCUT2D eigenvalue weighted by Crippen LogP contribution is 2.21. The van der Waals surface area contributed by atoms with Crippen LogP contribution in [0.1, 0.15) is 19.8 Å². The van der Waals surface area contributed by atoms with Gasteiger partial charge in [0.25, 0.3) is 0 Å². The molecule has 0 rings (SSSR count). The van der Waals surface area contributed by atoms with E-state index in [0.29, 0.717) is 0 Å². The van der Waals surface area contributed by atoms with Crippen LogP contribution in [0.2, 0.25) is 0 Å². The largest absolute Gasteiger partial charge is 0.389 e. The second kappa shape index (κ2) is 4.38. The summed E-state index contributed by atoms with van der Waals surface area (Å²) in [5, 5.41) is 0. The van der Waals surface area contributed by atoms with Crippen molar-refractivity contribution in [3.63, 3.8) is 0 Å². The summed E-state index contributed by atoms with van der Waals surface area (Å²) >= 11 is 0.